The van der Waals surface area contributed by atoms with Gasteiger partial charge in [0.05, 0.1) is 31.6 Å². The molecule has 3 aromatic carbocycles. The molecule has 0 spiro atoms. The molecule has 1 amide bonds. The molecule has 1 fully saturated rings. The van der Waals surface area contributed by atoms with Gasteiger partial charge in [-0.1, -0.05) is 18.2 Å². The highest BCUT2D eigenvalue weighted by Crippen LogP contribution is 2.34. The molecular weight excluding hydrogens is 558 g/mol. The average Bonchev–Trinajstić information content (AvgIpc) is 3.03. The lowest BCUT2D eigenvalue weighted by atomic mass is 9.87. The molecule has 3 aromatic rings. The highest BCUT2D eigenvalue weighted by atomic mass is 19.1. The zero-order chi connectivity index (χ0) is 30.0. The predicted molar refractivity (Wildman–Crippen MR) is 158 cm³/mol. The zero-order valence-corrected chi connectivity index (χ0v) is 24.4. The third-order valence-electron chi connectivity index (χ3n) is 7.60. The molecule has 2 atom stereocenters. The molecule has 2 aliphatic heterocycles. The summed E-state index contributed by atoms with van der Waals surface area (Å²) in [7, 11) is 1.65. The number of hydrogen-bond acceptors (Lipinski definition) is 7. The van der Waals surface area contributed by atoms with Crippen LogP contribution in [0.1, 0.15) is 36.3 Å². The molecule has 230 valence electrons. The van der Waals surface area contributed by atoms with Gasteiger partial charge in [0.2, 0.25) is 0 Å². The second kappa shape index (κ2) is 15.1. The Labute approximate surface area is 250 Å². The van der Waals surface area contributed by atoms with Crippen molar-refractivity contribution in [2.45, 2.75) is 37.9 Å². The lowest BCUT2D eigenvalue weighted by molar-refractivity contribution is -0.121. The molecule has 0 aliphatic carbocycles. The van der Waals surface area contributed by atoms with Crippen molar-refractivity contribution in [2.75, 3.05) is 58.1 Å². The van der Waals surface area contributed by atoms with Gasteiger partial charge < -0.3 is 33.9 Å². The van der Waals surface area contributed by atoms with Crippen molar-refractivity contribution in [2.24, 2.45) is 0 Å². The molecular formula is C33H38F2N2O6. The van der Waals surface area contributed by atoms with Crippen LogP contribution in [0.4, 0.5) is 14.5 Å². The SMILES string of the molecule is COCCCN1C(=O)COc2ccc(COC3CNCCC3c3ccc(OCCCOc4cc(F)ccc4F)cc3)cc21. The van der Waals surface area contributed by atoms with Crippen molar-refractivity contribution in [1.82, 2.24) is 5.32 Å². The molecule has 43 heavy (non-hydrogen) atoms. The van der Waals surface area contributed by atoms with Crippen molar-refractivity contribution in [1.29, 1.82) is 0 Å². The number of nitrogens with zero attached hydrogens (tertiary/aromatic N) is 1. The number of rotatable bonds is 14. The fraction of sp³-hybridized carbons (Fsp3) is 0.424. The number of fused-ring (bicyclic) bond motifs is 1. The van der Waals surface area contributed by atoms with Crippen LogP contribution in [0.3, 0.4) is 0 Å². The van der Waals surface area contributed by atoms with E-state index in [4.69, 9.17) is 23.7 Å². The lowest BCUT2D eigenvalue weighted by Crippen LogP contribution is -2.41. The van der Waals surface area contributed by atoms with E-state index in [-0.39, 0.29) is 36.9 Å². The Balaban J connectivity index is 1.13. The fourth-order valence-electron chi connectivity index (χ4n) is 5.37. The first-order valence-electron chi connectivity index (χ1n) is 14.7. The maximum Gasteiger partial charge on any atom is 0.265 e. The summed E-state index contributed by atoms with van der Waals surface area (Å²) in [5.74, 6) is 0.365. The monoisotopic (exact) mass is 596 g/mol. The summed E-state index contributed by atoms with van der Waals surface area (Å²) in [6, 6.07) is 17.0. The number of methoxy groups -OCH3 is 1. The molecule has 2 unspecified atom stereocenters. The summed E-state index contributed by atoms with van der Waals surface area (Å²) < 4.78 is 55.4. The first-order chi connectivity index (χ1) is 21.0. The lowest BCUT2D eigenvalue weighted by Gasteiger charge is -2.33. The fourth-order valence-corrected chi connectivity index (χ4v) is 5.37. The van der Waals surface area contributed by atoms with Gasteiger partial charge in [0.25, 0.3) is 5.91 Å². The van der Waals surface area contributed by atoms with Crippen LogP contribution in [-0.4, -0.2) is 65.2 Å². The van der Waals surface area contributed by atoms with E-state index < -0.39 is 11.6 Å². The Morgan fingerprint density at radius 3 is 2.65 bits per heavy atom. The van der Waals surface area contributed by atoms with Crippen LogP contribution in [0.2, 0.25) is 0 Å². The standard InChI is InChI=1S/C33H38F2N2O6/c1-39-15-2-14-37-29-18-23(4-11-30(29)43-22-33(37)38)21-42-32-20-36-13-12-27(32)24-5-8-26(9-6-24)40-16-3-17-41-31-19-25(34)7-10-28(31)35/h4-11,18-19,27,32,36H,2-3,12-17,20-22H2,1H3. The van der Waals surface area contributed by atoms with Crippen LogP contribution < -0.4 is 24.4 Å². The van der Waals surface area contributed by atoms with Crippen molar-refractivity contribution in [3.63, 3.8) is 0 Å². The molecule has 8 nitrogen and oxygen atoms in total. The van der Waals surface area contributed by atoms with E-state index in [1.165, 1.54) is 5.56 Å². The Bertz CT molecular complexity index is 1360. The highest BCUT2D eigenvalue weighted by Gasteiger charge is 2.28. The molecule has 0 aromatic heterocycles. The number of carbonyl (C=O) groups excluding carboxylic acids is 1. The molecule has 0 radical (unpaired) electrons. The second-order valence-electron chi connectivity index (χ2n) is 10.6. The topological polar surface area (TPSA) is 78.5 Å². The van der Waals surface area contributed by atoms with E-state index in [1.807, 2.05) is 30.3 Å². The number of benzene rings is 3. The molecule has 10 heteroatoms. The Hall–Kier alpha value is -3.73. The van der Waals surface area contributed by atoms with E-state index in [2.05, 4.69) is 17.4 Å². The van der Waals surface area contributed by atoms with E-state index in [0.29, 0.717) is 38.5 Å². The van der Waals surface area contributed by atoms with Gasteiger partial charge in [-0.3, -0.25) is 4.79 Å². The van der Waals surface area contributed by atoms with Crippen LogP contribution in [-0.2, 0) is 20.9 Å². The number of amides is 1. The van der Waals surface area contributed by atoms with Crippen LogP contribution in [0, 0.1) is 11.6 Å². The summed E-state index contributed by atoms with van der Waals surface area (Å²) in [5.41, 5.74) is 2.93. The van der Waals surface area contributed by atoms with E-state index >= 15 is 0 Å². The van der Waals surface area contributed by atoms with Crippen LogP contribution in [0.15, 0.2) is 60.7 Å². The van der Waals surface area contributed by atoms with E-state index in [1.54, 1.807) is 12.0 Å². The third-order valence-corrected chi connectivity index (χ3v) is 7.60. The summed E-state index contributed by atoms with van der Waals surface area (Å²) in [5, 5.41) is 3.44. The second-order valence-corrected chi connectivity index (χ2v) is 10.6. The number of carbonyl (C=O) groups is 1. The van der Waals surface area contributed by atoms with Gasteiger partial charge in [-0.2, -0.15) is 0 Å². The number of hydrogen-bond donors (Lipinski definition) is 1. The quantitative estimate of drug-likeness (QED) is 0.255. The Morgan fingerprint density at radius 2 is 1.81 bits per heavy atom. The highest BCUT2D eigenvalue weighted by molar-refractivity contribution is 5.97. The normalized spacial score (nSPS) is 18.2. The average molecular weight is 597 g/mol. The number of nitrogens with one attached hydrogen (secondary N) is 1. The predicted octanol–water partition coefficient (Wildman–Crippen LogP) is 5.24. The van der Waals surface area contributed by atoms with Gasteiger partial charge in [0.1, 0.15) is 17.3 Å². The van der Waals surface area contributed by atoms with Gasteiger partial charge in [0.15, 0.2) is 18.2 Å². The number of piperidine rings is 1. The van der Waals surface area contributed by atoms with Crippen molar-refractivity contribution >= 4 is 11.6 Å². The van der Waals surface area contributed by atoms with Crippen LogP contribution in [0.25, 0.3) is 0 Å². The summed E-state index contributed by atoms with van der Waals surface area (Å²) in [6.07, 6.45) is 2.19. The number of ether oxygens (including phenoxy) is 5. The van der Waals surface area contributed by atoms with Gasteiger partial charge in [-0.25, -0.2) is 8.78 Å². The zero-order valence-electron chi connectivity index (χ0n) is 24.4. The van der Waals surface area contributed by atoms with Crippen molar-refractivity contribution in [3.05, 3.63) is 83.4 Å². The molecule has 2 heterocycles. The van der Waals surface area contributed by atoms with Crippen LogP contribution >= 0.6 is 0 Å². The summed E-state index contributed by atoms with van der Waals surface area (Å²) in [4.78, 5) is 14.3. The number of anilines is 1. The van der Waals surface area contributed by atoms with E-state index in [9.17, 15) is 13.6 Å². The molecule has 1 saturated heterocycles. The third kappa shape index (κ3) is 8.22. The van der Waals surface area contributed by atoms with E-state index in [0.717, 1.165) is 61.1 Å². The molecule has 2 aliphatic rings. The van der Waals surface area contributed by atoms with Gasteiger partial charge >= 0.3 is 0 Å². The maximum atomic E-state index is 13.7. The molecule has 0 saturated carbocycles. The summed E-state index contributed by atoms with van der Waals surface area (Å²) in [6.45, 7) is 3.86. The summed E-state index contributed by atoms with van der Waals surface area (Å²) >= 11 is 0. The first-order valence-corrected chi connectivity index (χ1v) is 14.7. The van der Waals surface area contributed by atoms with Gasteiger partial charge in [-0.05, 0) is 66.9 Å². The largest absolute Gasteiger partial charge is 0.493 e. The molecule has 5 rings (SSSR count). The minimum absolute atomic E-state index is 0.0207. The van der Waals surface area contributed by atoms with Crippen molar-refractivity contribution in [3.8, 4) is 17.2 Å². The first kappa shape index (κ1) is 30.7. The van der Waals surface area contributed by atoms with Crippen LogP contribution in [0.5, 0.6) is 17.2 Å². The van der Waals surface area contributed by atoms with Gasteiger partial charge in [0, 0.05) is 45.2 Å². The van der Waals surface area contributed by atoms with Gasteiger partial charge in [-0.15, -0.1) is 0 Å². The number of halogens is 2. The minimum atomic E-state index is -0.591. The molecule has 0 bridgehead atoms. The Kier molecular flexibility index (Phi) is 10.8. The minimum Gasteiger partial charge on any atom is -0.493 e. The molecule has 1 N–H and O–H groups in total. The maximum absolute atomic E-state index is 13.7. The Morgan fingerprint density at radius 1 is 0.977 bits per heavy atom. The van der Waals surface area contributed by atoms with Crippen molar-refractivity contribution < 1.29 is 37.3 Å². The smallest absolute Gasteiger partial charge is 0.265 e.